The van der Waals surface area contributed by atoms with Gasteiger partial charge in [-0.1, -0.05) is 0 Å². The zero-order valence-corrected chi connectivity index (χ0v) is 11.1. The van der Waals surface area contributed by atoms with Crippen molar-refractivity contribution in [1.82, 2.24) is 9.97 Å². The number of nitrogens with one attached hydrogen (secondary N) is 1. The van der Waals surface area contributed by atoms with Crippen LogP contribution in [0.3, 0.4) is 0 Å². The Morgan fingerprint density at radius 2 is 1.74 bits per heavy atom. The Morgan fingerprint density at radius 3 is 2.26 bits per heavy atom. The molecule has 2 aromatic rings. The molecule has 0 radical (unpaired) electrons. The molecular weight excluding hydrogens is 266 g/mol. The Labute approximate surface area is 113 Å². The first kappa shape index (κ1) is 13.2. The van der Waals surface area contributed by atoms with E-state index in [1.165, 1.54) is 12.1 Å². The van der Waals surface area contributed by atoms with Crippen LogP contribution in [0.1, 0.15) is 30.7 Å². The van der Waals surface area contributed by atoms with Gasteiger partial charge < -0.3 is 5.11 Å². The van der Waals surface area contributed by atoms with Crippen LogP contribution < -0.4 is 5.32 Å². The molecule has 1 amide bonds. The fraction of sp³-hybridized carbons (Fsp3) is 0.167. The van der Waals surface area contributed by atoms with Crippen molar-refractivity contribution in [3.63, 3.8) is 0 Å². The number of carboxylic acid groups (broad SMARTS) is 1. The lowest BCUT2D eigenvalue weighted by Gasteiger charge is -2.03. The Kier molecular flexibility index (Phi) is 3.57. The lowest BCUT2D eigenvalue weighted by Crippen LogP contribution is -2.13. The molecule has 0 atom stereocenters. The number of hydrogen-bond donors (Lipinski definition) is 2. The van der Waals surface area contributed by atoms with Crippen LogP contribution in [-0.4, -0.2) is 27.0 Å². The van der Waals surface area contributed by atoms with Crippen LogP contribution in [0.4, 0.5) is 5.95 Å². The van der Waals surface area contributed by atoms with E-state index in [4.69, 9.17) is 5.11 Å². The maximum atomic E-state index is 11.9. The molecule has 98 valence electrons. The minimum absolute atomic E-state index is 0.117. The topological polar surface area (TPSA) is 92.2 Å². The number of carbonyl (C=O) groups excluding carboxylic acids is 1. The number of rotatable bonds is 3. The van der Waals surface area contributed by atoms with Gasteiger partial charge in [0.15, 0.2) is 0 Å². The normalized spacial score (nSPS) is 10.2. The van der Waals surface area contributed by atoms with Gasteiger partial charge in [-0.15, -0.1) is 11.3 Å². The SMILES string of the molecule is Cc1cc(C)nc(NC(=O)c2ccc(C(=O)O)s2)n1. The van der Waals surface area contributed by atoms with E-state index in [-0.39, 0.29) is 10.8 Å². The highest BCUT2D eigenvalue weighted by Gasteiger charge is 2.14. The van der Waals surface area contributed by atoms with E-state index in [1.807, 2.05) is 0 Å². The molecular formula is C12H11N3O3S. The Morgan fingerprint density at radius 1 is 1.16 bits per heavy atom. The average molecular weight is 277 g/mol. The summed E-state index contributed by atoms with van der Waals surface area (Å²) in [7, 11) is 0. The van der Waals surface area contributed by atoms with Gasteiger partial charge in [-0.25, -0.2) is 14.8 Å². The minimum Gasteiger partial charge on any atom is -0.477 e. The van der Waals surface area contributed by atoms with Crippen LogP contribution in [0.2, 0.25) is 0 Å². The number of aromatic nitrogens is 2. The fourth-order valence-electron chi connectivity index (χ4n) is 1.52. The van der Waals surface area contributed by atoms with Gasteiger partial charge in [0.1, 0.15) is 4.88 Å². The van der Waals surface area contributed by atoms with E-state index in [0.717, 1.165) is 22.7 Å². The lowest BCUT2D eigenvalue weighted by molar-refractivity contribution is 0.0702. The van der Waals surface area contributed by atoms with Gasteiger partial charge in [0, 0.05) is 11.4 Å². The molecule has 0 aliphatic rings. The summed E-state index contributed by atoms with van der Waals surface area (Å²) in [5.41, 5.74) is 1.50. The van der Waals surface area contributed by atoms with E-state index < -0.39 is 11.9 Å². The van der Waals surface area contributed by atoms with E-state index in [1.54, 1.807) is 19.9 Å². The first-order chi connectivity index (χ1) is 8.95. The van der Waals surface area contributed by atoms with E-state index in [2.05, 4.69) is 15.3 Å². The Bertz CT molecular complexity index is 631. The van der Waals surface area contributed by atoms with Crippen molar-refractivity contribution in [2.75, 3.05) is 5.32 Å². The molecule has 2 aromatic heterocycles. The van der Waals surface area contributed by atoms with Crippen molar-refractivity contribution in [3.8, 4) is 0 Å². The van der Waals surface area contributed by atoms with Gasteiger partial charge in [0.05, 0.1) is 4.88 Å². The average Bonchev–Trinajstić information content (AvgIpc) is 2.76. The summed E-state index contributed by atoms with van der Waals surface area (Å²) in [4.78, 5) is 31.2. The molecule has 0 aliphatic carbocycles. The third kappa shape index (κ3) is 3.14. The first-order valence-electron chi connectivity index (χ1n) is 5.42. The second-order valence-electron chi connectivity index (χ2n) is 3.90. The predicted octanol–water partition coefficient (Wildman–Crippen LogP) is 2.11. The molecule has 0 aliphatic heterocycles. The van der Waals surface area contributed by atoms with Gasteiger partial charge in [-0.05, 0) is 32.0 Å². The summed E-state index contributed by atoms with van der Waals surface area (Å²) < 4.78 is 0. The number of carboxylic acids is 1. The molecule has 2 heterocycles. The van der Waals surface area contributed by atoms with Gasteiger partial charge in [0.2, 0.25) is 5.95 Å². The number of aromatic carboxylic acids is 1. The molecule has 0 saturated heterocycles. The quantitative estimate of drug-likeness (QED) is 0.896. The number of nitrogens with zero attached hydrogens (tertiary/aromatic N) is 2. The van der Waals surface area contributed by atoms with Crippen molar-refractivity contribution in [2.45, 2.75) is 13.8 Å². The molecule has 2 N–H and O–H groups in total. The molecule has 6 nitrogen and oxygen atoms in total. The molecule has 0 saturated carbocycles. The number of carbonyl (C=O) groups is 2. The summed E-state index contributed by atoms with van der Waals surface area (Å²) in [6.07, 6.45) is 0. The monoisotopic (exact) mass is 277 g/mol. The van der Waals surface area contributed by atoms with Crippen LogP contribution in [-0.2, 0) is 0 Å². The molecule has 0 fully saturated rings. The maximum Gasteiger partial charge on any atom is 0.345 e. The predicted molar refractivity (Wildman–Crippen MR) is 70.7 cm³/mol. The van der Waals surface area contributed by atoms with Gasteiger partial charge in [-0.2, -0.15) is 0 Å². The Hall–Kier alpha value is -2.28. The number of thiophene rings is 1. The zero-order chi connectivity index (χ0) is 14.0. The second-order valence-corrected chi connectivity index (χ2v) is 4.98. The number of amides is 1. The second kappa shape index (κ2) is 5.15. The lowest BCUT2D eigenvalue weighted by atomic mass is 10.3. The van der Waals surface area contributed by atoms with Gasteiger partial charge in [0.25, 0.3) is 5.91 Å². The van der Waals surface area contributed by atoms with E-state index in [9.17, 15) is 9.59 Å². The standard InChI is InChI=1S/C12H11N3O3S/c1-6-5-7(2)14-12(13-6)15-10(16)8-3-4-9(19-8)11(17)18/h3-5H,1-2H3,(H,17,18)(H,13,14,15,16). The molecule has 0 spiro atoms. The van der Waals surface area contributed by atoms with Crippen molar-refractivity contribution in [2.24, 2.45) is 0 Å². The van der Waals surface area contributed by atoms with E-state index >= 15 is 0 Å². The molecule has 0 bridgehead atoms. The minimum atomic E-state index is -1.05. The fourth-order valence-corrected chi connectivity index (χ4v) is 2.26. The van der Waals surface area contributed by atoms with Crippen LogP contribution in [0.15, 0.2) is 18.2 Å². The summed E-state index contributed by atoms with van der Waals surface area (Å²) in [5, 5.41) is 11.3. The molecule has 19 heavy (non-hydrogen) atoms. The van der Waals surface area contributed by atoms with Gasteiger partial charge >= 0.3 is 5.97 Å². The summed E-state index contributed by atoms with van der Waals surface area (Å²) in [6.45, 7) is 3.61. The highest BCUT2D eigenvalue weighted by Crippen LogP contribution is 2.17. The van der Waals surface area contributed by atoms with Crippen LogP contribution >= 0.6 is 11.3 Å². The van der Waals surface area contributed by atoms with Gasteiger partial charge in [-0.3, -0.25) is 10.1 Å². The highest BCUT2D eigenvalue weighted by molar-refractivity contribution is 7.15. The number of anilines is 1. The van der Waals surface area contributed by atoms with Crippen LogP contribution in [0.25, 0.3) is 0 Å². The molecule has 7 heteroatoms. The third-order valence-electron chi connectivity index (χ3n) is 2.25. The third-order valence-corrected chi connectivity index (χ3v) is 3.32. The smallest absolute Gasteiger partial charge is 0.345 e. The van der Waals surface area contributed by atoms with E-state index in [0.29, 0.717) is 4.88 Å². The maximum absolute atomic E-state index is 11.9. The number of aryl methyl sites for hydroxylation is 2. The highest BCUT2D eigenvalue weighted by atomic mass is 32.1. The summed E-state index contributed by atoms with van der Waals surface area (Å²) in [5.74, 6) is -1.25. The molecule has 0 aromatic carbocycles. The van der Waals surface area contributed by atoms with Crippen molar-refractivity contribution < 1.29 is 14.7 Å². The molecule has 2 rings (SSSR count). The van der Waals surface area contributed by atoms with Crippen molar-refractivity contribution in [1.29, 1.82) is 0 Å². The van der Waals surface area contributed by atoms with Crippen LogP contribution in [0.5, 0.6) is 0 Å². The summed E-state index contributed by atoms with van der Waals surface area (Å²) in [6, 6.07) is 4.65. The molecule has 0 unspecified atom stereocenters. The van der Waals surface area contributed by atoms with Crippen LogP contribution in [0, 0.1) is 13.8 Å². The Balaban J connectivity index is 2.18. The first-order valence-corrected chi connectivity index (χ1v) is 6.24. The summed E-state index contributed by atoms with van der Waals surface area (Å²) >= 11 is 0.910. The van der Waals surface area contributed by atoms with Crippen molar-refractivity contribution >= 4 is 29.2 Å². The largest absolute Gasteiger partial charge is 0.477 e. The zero-order valence-electron chi connectivity index (χ0n) is 10.3. The van der Waals surface area contributed by atoms with Crippen molar-refractivity contribution in [3.05, 3.63) is 39.3 Å². The number of hydrogen-bond acceptors (Lipinski definition) is 5.